The molecule has 4 heteroatoms. The number of phenolic OH excluding ortho intramolecular Hbond substituents is 1. The second-order valence-electron chi connectivity index (χ2n) is 4.44. The van der Waals surface area contributed by atoms with Gasteiger partial charge in [-0.15, -0.1) is 0 Å². The summed E-state index contributed by atoms with van der Waals surface area (Å²) in [5, 5.41) is 12.3. The van der Waals surface area contributed by atoms with Gasteiger partial charge in [-0.3, -0.25) is 4.79 Å². The van der Waals surface area contributed by atoms with Crippen LogP contribution in [0, 0.1) is 6.92 Å². The van der Waals surface area contributed by atoms with E-state index in [1.54, 1.807) is 19.1 Å². The van der Waals surface area contributed by atoms with Crippen molar-refractivity contribution in [3.63, 3.8) is 0 Å². The molecule has 4 N–H and O–H groups in total. The Bertz CT molecular complexity index is 425. The number of carbonyl (C=O) groups is 1. The van der Waals surface area contributed by atoms with Gasteiger partial charge in [0.1, 0.15) is 5.75 Å². The summed E-state index contributed by atoms with van der Waals surface area (Å²) >= 11 is 0. The van der Waals surface area contributed by atoms with Crippen LogP contribution in [0.2, 0.25) is 0 Å². The first-order chi connectivity index (χ1) is 7.56. The highest BCUT2D eigenvalue weighted by Crippen LogP contribution is 2.34. The van der Waals surface area contributed by atoms with Gasteiger partial charge < -0.3 is 16.2 Å². The van der Waals surface area contributed by atoms with Gasteiger partial charge >= 0.3 is 0 Å². The number of hydrogen-bond acceptors (Lipinski definition) is 3. The van der Waals surface area contributed by atoms with Crippen molar-refractivity contribution in [2.45, 2.75) is 25.3 Å². The zero-order valence-corrected chi connectivity index (χ0v) is 9.29. The van der Waals surface area contributed by atoms with Gasteiger partial charge in [-0.1, -0.05) is 0 Å². The molecule has 1 fully saturated rings. The molecule has 0 bridgehead atoms. The number of aryl methyl sites for hydroxylation is 1. The Balaban J connectivity index is 2.12. The van der Waals surface area contributed by atoms with Crippen LogP contribution in [0.1, 0.15) is 28.8 Å². The van der Waals surface area contributed by atoms with Gasteiger partial charge in [0.05, 0.1) is 5.54 Å². The fraction of sp³-hybridized carbons (Fsp3) is 0.417. The van der Waals surface area contributed by atoms with E-state index in [9.17, 15) is 9.90 Å². The Morgan fingerprint density at radius 3 is 2.75 bits per heavy atom. The number of nitrogens with one attached hydrogen (secondary N) is 1. The van der Waals surface area contributed by atoms with Crippen LogP contribution in [-0.4, -0.2) is 23.1 Å². The van der Waals surface area contributed by atoms with Crippen molar-refractivity contribution >= 4 is 5.91 Å². The number of rotatable bonds is 3. The molecule has 1 aliphatic rings. The van der Waals surface area contributed by atoms with Crippen molar-refractivity contribution in [1.29, 1.82) is 0 Å². The highest BCUT2D eigenvalue weighted by molar-refractivity contribution is 5.95. The maximum Gasteiger partial charge on any atom is 0.251 e. The molecule has 1 aromatic carbocycles. The van der Waals surface area contributed by atoms with Crippen LogP contribution in [-0.2, 0) is 0 Å². The van der Waals surface area contributed by atoms with E-state index in [0.29, 0.717) is 17.7 Å². The van der Waals surface area contributed by atoms with Crippen LogP contribution in [0.4, 0.5) is 0 Å². The molecule has 1 amide bonds. The molecule has 0 unspecified atom stereocenters. The number of hydrogen-bond donors (Lipinski definition) is 3. The molecule has 2 rings (SSSR count). The van der Waals surface area contributed by atoms with Crippen molar-refractivity contribution in [1.82, 2.24) is 5.32 Å². The fourth-order valence-corrected chi connectivity index (χ4v) is 1.64. The molecule has 0 heterocycles. The lowest BCUT2D eigenvalue weighted by Gasteiger charge is -2.15. The standard InChI is InChI=1S/C12H16N2O2/c1-8-6-9(2-3-10(8)15)11(16)14-12(7-13)4-5-12/h2-3,6,15H,4-5,7,13H2,1H3,(H,14,16). The van der Waals surface area contributed by atoms with Crippen molar-refractivity contribution in [3.05, 3.63) is 29.3 Å². The molecule has 0 atom stereocenters. The maximum atomic E-state index is 11.9. The minimum atomic E-state index is -0.178. The van der Waals surface area contributed by atoms with Crippen LogP contribution in [0.15, 0.2) is 18.2 Å². The molecule has 1 saturated carbocycles. The van der Waals surface area contributed by atoms with Crippen LogP contribution in [0.25, 0.3) is 0 Å². The predicted molar refractivity (Wildman–Crippen MR) is 61.3 cm³/mol. The monoisotopic (exact) mass is 220 g/mol. The first kappa shape index (κ1) is 11.0. The zero-order chi connectivity index (χ0) is 11.8. The number of benzene rings is 1. The molecule has 0 radical (unpaired) electrons. The zero-order valence-electron chi connectivity index (χ0n) is 9.29. The fourth-order valence-electron chi connectivity index (χ4n) is 1.64. The largest absolute Gasteiger partial charge is 0.508 e. The van der Waals surface area contributed by atoms with E-state index in [2.05, 4.69) is 5.32 Å². The highest BCUT2D eigenvalue weighted by atomic mass is 16.3. The molecular formula is C12H16N2O2. The summed E-state index contributed by atoms with van der Waals surface area (Å²) in [6, 6.07) is 4.83. The lowest BCUT2D eigenvalue weighted by molar-refractivity contribution is 0.0933. The Morgan fingerprint density at radius 1 is 1.56 bits per heavy atom. The third-order valence-corrected chi connectivity index (χ3v) is 3.08. The molecule has 16 heavy (non-hydrogen) atoms. The molecule has 86 valence electrons. The second-order valence-corrected chi connectivity index (χ2v) is 4.44. The number of nitrogens with two attached hydrogens (primary N) is 1. The highest BCUT2D eigenvalue weighted by Gasteiger charge is 2.42. The van der Waals surface area contributed by atoms with E-state index < -0.39 is 0 Å². The van der Waals surface area contributed by atoms with Gasteiger partial charge in [-0.2, -0.15) is 0 Å². The first-order valence-electron chi connectivity index (χ1n) is 5.38. The topological polar surface area (TPSA) is 75.4 Å². The Kier molecular flexibility index (Phi) is 2.59. The van der Waals surface area contributed by atoms with E-state index in [-0.39, 0.29) is 17.2 Å². The van der Waals surface area contributed by atoms with Crippen molar-refractivity contribution in [2.24, 2.45) is 5.73 Å². The normalized spacial score (nSPS) is 16.9. The summed E-state index contributed by atoms with van der Waals surface area (Å²) in [6.07, 6.45) is 1.90. The van der Waals surface area contributed by atoms with Crippen molar-refractivity contribution < 1.29 is 9.90 Å². The van der Waals surface area contributed by atoms with E-state index in [1.807, 2.05) is 0 Å². The number of phenols is 1. The lowest BCUT2D eigenvalue weighted by atomic mass is 10.1. The molecule has 0 aliphatic heterocycles. The summed E-state index contributed by atoms with van der Waals surface area (Å²) < 4.78 is 0. The smallest absolute Gasteiger partial charge is 0.251 e. The van der Waals surface area contributed by atoms with Gasteiger partial charge in [0, 0.05) is 12.1 Å². The van der Waals surface area contributed by atoms with Crippen molar-refractivity contribution in [3.8, 4) is 5.75 Å². The molecule has 4 nitrogen and oxygen atoms in total. The summed E-state index contributed by atoms with van der Waals surface area (Å²) in [4.78, 5) is 11.9. The molecule has 0 aromatic heterocycles. The van der Waals surface area contributed by atoms with Gasteiger partial charge in [0.25, 0.3) is 5.91 Å². The minimum Gasteiger partial charge on any atom is -0.508 e. The van der Waals surface area contributed by atoms with Gasteiger partial charge in [0.2, 0.25) is 0 Å². The van der Waals surface area contributed by atoms with Gasteiger partial charge in [-0.25, -0.2) is 0 Å². The minimum absolute atomic E-state index is 0.119. The SMILES string of the molecule is Cc1cc(C(=O)NC2(CN)CC2)ccc1O. The van der Waals surface area contributed by atoms with Gasteiger partial charge in [0.15, 0.2) is 0 Å². The predicted octanol–water partition coefficient (Wildman–Crippen LogP) is 0.922. The number of aromatic hydroxyl groups is 1. The number of carbonyl (C=O) groups excluding carboxylic acids is 1. The summed E-state index contributed by atoms with van der Waals surface area (Å²) in [5.74, 6) is 0.0857. The van der Waals surface area contributed by atoms with Crippen LogP contribution < -0.4 is 11.1 Å². The quantitative estimate of drug-likeness (QED) is 0.709. The molecule has 0 saturated heterocycles. The van der Waals surface area contributed by atoms with E-state index in [1.165, 1.54) is 6.07 Å². The average molecular weight is 220 g/mol. The van der Waals surface area contributed by atoms with Crippen LogP contribution in [0.3, 0.4) is 0 Å². The second kappa shape index (κ2) is 3.79. The number of amides is 1. The van der Waals surface area contributed by atoms with Crippen molar-refractivity contribution in [2.75, 3.05) is 6.54 Å². The maximum absolute atomic E-state index is 11.9. The van der Waals surface area contributed by atoms with E-state index in [4.69, 9.17) is 5.73 Å². The van der Waals surface area contributed by atoms with E-state index >= 15 is 0 Å². The molecular weight excluding hydrogens is 204 g/mol. The van der Waals surface area contributed by atoms with E-state index in [0.717, 1.165) is 12.8 Å². The van der Waals surface area contributed by atoms with Crippen LogP contribution in [0.5, 0.6) is 5.75 Å². The Labute approximate surface area is 94.5 Å². The van der Waals surface area contributed by atoms with Gasteiger partial charge in [-0.05, 0) is 43.5 Å². The summed E-state index contributed by atoms with van der Waals surface area (Å²) in [7, 11) is 0. The summed E-state index contributed by atoms with van der Waals surface area (Å²) in [6.45, 7) is 2.25. The van der Waals surface area contributed by atoms with Crippen LogP contribution >= 0.6 is 0 Å². The Hall–Kier alpha value is -1.55. The summed E-state index contributed by atoms with van der Waals surface area (Å²) in [5.41, 5.74) is 6.68. The third kappa shape index (κ3) is 2.02. The Morgan fingerprint density at radius 2 is 2.25 bits per heavy atom. The third-order valence-electron chi connectivity index (χ3n) is 3.08. The lowest BCUT2D eigenvalue weighted by Crippen LogP contribution is -2.42. The molecule has 1 aliphatic carbocycles. The molecule has 0 spiro atoms. The molecule has 1 aromatic rings. The first-order valence-corrected chi connectivity index (χ1v) is 5.38. The average Bonchev–Trinajstić information content (AvgIpc) is 3.02.